The molecule has 0 saturated carbocycles. The zero-order valence-corrected chi connectivity index (χ0v) is 13.7. The minimum absolute atomic E-state index is 0.0714. The number of benzene rings is 1. The third-order valence-electron chi connectivity index (χ3n) is 3.87. The predicted molar refractivity (Wildman–Crippen MR) is 86.7 cm³/mol. The van der Waals surface area contributed by atoms with Crippen LogP contribution in [0.5, 0.6) is 0 Å². The molecule has 0 bridgehead atoms. The Hall–Kier alpha value is -1.84. The number of aromatic nitrogens is 2. The monoisotopic (exact) mass is 287 g/mol. The molecule has 0 aliphatic heterocycles. The zero-order chi connectivity index (χ0) is 15.6. The minimum Gasteiger partial charge on any atom is -0.342 e. The van der Waals surface area contributed by atoms with Crippen molar-refractivity contribution in [1.82, 2.24) is 14.5 Å². The Morgan fingerprint density at radius 1 is 1.38 bits per heavy atom. The summed E-state index contributed by atoms with van der Waals surface area (Å²) in [5.41, 5.74) is 2.69. The van der Waals surface area contributed by atoms with E-state index in [1.54, 1.807) is 4.90 Å². The van der Waals surface area contributed by atoms with Crippen LogP contribution in [0, 0.1) is 0 Å². The van der Waals surface area contributed by atoms with Crippen molar-refractivity contribution in [3.63, 3.8) is 0 Å². The molecule has 0 aliphatic rings. The summed E-state index contributed by atoms with van der Waals surface area (Å²) in [5, 5.41) is 0. The third-order valence-corrected chi connectivity index (χ3v) is 3.87. The van der Waals surface area contributed by atoms with Gasteiger partial charge in [-0.2, -0.15) is 0 Å². The second kappa shape index (κ2) is 6.29. The van der Waals surface area contributed by atoms with Crippen molar-refractivity contribution in [2.45, 2.75) is 39.5 Å². The highest BCUT2D eigenvalue weighted by Gasteiger charge is 2.15. The topological polar surface area (TPSA) is 38.1 Å². The quantitative estimate of drug-likeness (QED) is 0.843. The van der Waals surface area contributed by atoms with Gasteiger partial charge in [0, 0.05) is 32.1 Å². The van der Waals surface area contributed by atoms with Crippen molar-refractivity contribution in [3.8, 4) is 0 Å². The van der Waals surface area contributed by atoms with Gasteiger partial charge < -0.3 is 9.47 Å². The largest absolute Gasteiger partial charge is 0.342 e. The normalized spacial score (nSPS) is 11.3. The van der Waals surface area contributed by atoms with Crippen molar-refractivity contribution in [1.29, 1.82) is 0 Å². The first-order valence-electron chi connectivity index (χ1n) is 7.67. The average Bonchev–Trinajstić information content (AvgIpc) is 2.80. The van der Waals surface area contributed by atoms with Crippen LogP contribution < -0.4 is 0 Å². The molecule has 2 rings (SSSR count). The highest BCUT2D eigenvalue weighted by atomic mass is 16.2. The highest BCUT2D eigenvalue weighted by Crippen LogP contribution is 2.22. The summed E-state index contributed by atoms with van der Waals surface area (Å²) < 4.78 is 2.11. The Labute approximate surface area is 126 Å². The van der Waals surface area contributed by atoms with Gasteiger partial charge in [-0.3, -0.25) is 4.79 Å². The maximum atomic E-state index is 12.4. The molecule has 4 nitrogen and oxygen atoms in total. The molecule has 1 aromatic carbocycles. The summed E-state index contributed by atoms with van der Waals surface area (Å²) in [6, 6.07) is 5.81. The Kier molecular flexibility index (Phi) is 4.66. The molecule has 0 spiro atoms. The minimum atomic E-state index is 0.0714. The maximum Gasteiger partial charge on any atom is 0.253 e. The molecule has 0 unspecified atom stereocenters. The Morgan fingerprint density at radius 2 is 2.10 bits per heavy atom. The predicted octanol–water partition coefficient (Wildman–Crippen LogP) is 3.57. The molecule has 4 heteroatoms. The van der Waals surface area contributed by atoms with E-state index in [1.165, 1.54) is 0 Å². The molecule has 0 atom stereocenters. The van der Waals surface area contributed by atoms with Gasteiger partial charge in [0.1, 0.15) is 5.82 Å². The van der Waals surface area contributed by atoms with Crippen LogP contribution in [0.1, 0.15) is 55.7 Å². The molecule has 0 saturated heterocycles. The van der Waals surface area contributed by atoms with Gasteiger partial charge in [-0.15, -0.1) is 0 Å². The summed E-state index contributed by atoms with van der Waals surface area (Å²) >= 11 is 0. The van der Waals surface area contributed by atoms with E-state index < -0.39 is 0 Å². The van der Waals surface area contributed by atoms with Crippen molar-refractivity contribution >= 4 is 16.9 Å². The average molecular weight is 287 g/mol. The van der Waals surface area contributed by atoms with Gasteiger partial charge in [-0.05, 0) is 24.6 Å². The van der Waals surface area contributed by atoms with Crippen LogP contribution in [0.2, 0.25) is 0 Å². The number of unbranched alkanes of at least 4 members (excludes halogenated alkanes) is 1. The fourth-order valence-electron chi connectivity index (χ4n) is 2.59. The lowest BCUT2D eigenvalue weighted by Crippen LogP contribution is -2.27. The summed E-state index contributed by atoms with van der Waals surface area (Å²) in [4.78, 5) is 18.9. The number of carbonyl (C=O) groups is 1. The van der Waals surface area contributed by atoms with Crippen molar-refractivity contribution < 1.29 is 4.79 Å². The van der Waals surface area contributed by atoms with Gasteiger partial charge in [0.15, 0.2) is 0 Å². The van der Waals surface area contributed by atoms with E-state index in [9.17, 15) is 4.79 Å². The lowest BCUT2D eigenvalue weighted by atomic mass is 10.1. The van der Waals surface area contributed by atoms with Crippen molar-refractivity contribution in [2.24, 2.45) is 7.05 Å². The first kappa shape index (κ1) is 15.5. The summed E-state index contributed by atoms with van der Waals surface area (Å²) in [6.45, 7) is 7.19. The number of fused-ring (bicyclic) bond motifs is 1. The maximum absolute atomic E-state index is 12.4. The molecule has 1 amide bonds. The fourth-order valence-corrected chi connectivity index (χ4v) is 2.59. The number of carbonyl (C=O) groups excluding carboxylic acids is 1. The number of rotatable bonds is 5. The first-order chi connectivity index (χ1) is 9.95. The van der Waals surface area contributed by atoms with Gasteiger partial charge in [0.2, 0.25) is 0 Å². The number of imidazole rings is 1. The summed E-state index contributed by atoms with van der Waals surface area (Å²) in [7, 11) is 3.89. The van der Waals surface area contributed by atoms with E-state index in [0.717, 1.165) is 41.8 Å². The van der Waals surface area contributed by atoms with E-state index in [1.807, 2.05) is 32.3 Å². The van der Waals surface area contributed by atoms with Crippen LogP contribution in [0.3, 0.4) is 0 Å². The van der Waals surface area contributed by atoms with E-state index >= 15 is 0 Å². The zero-order valence-electron chi connectivity index (χ0n) is 13.7. The van der Waals surface area contributed by atoms with Gasteiger partial charge in [-0.25, -0.2) is 4.98 Å². The van der Waals surface area contributed by atoms with Crippen molar-refractivity contribution in [2.75, 3.05) is 13.6 Å². The molecule has 0 fully saturated rings. The number of hydrogen-bond acceptors (Lipinski definition) is 2. The Bertz CT molecular complexity index is 643. The molecule has 114 valence electrons. The third kappa shape index (κ3) is 3.09. The van der Waals surface area contributed by atoms with Crippen LogP contribution in [-0.2, 0) is 7.05 Å². The molecular formula is C17H25N3O. The number of aryl methyl sites for hydroxylation is 1. The number of nitrogens with zero attached hydrogens (tertiary/aromatic N) is 3. The fraction of sp³-hybridized carbons (Fsp3) is 0.529. The number of hydrogen-bond donors (Lipinski definition) is 0. The van der Waals surface area contributed by atoms with Crippen LogP contribution in [0.15, 0.2) is 18.2 Å². The van der Waals surface area contributed by atoms with Crippen LogP contribution in [0.25, 0.3) is 11.0 Å². The summed E-state index contributed by atoms with van der Waals surface area (Å²) in [6.07, 6.45) is 2.13. The smallest absolute Gasteiger partial charge is 0.253 e. The van der Waals surface area contributed by atoms with Gasteiger partial charge in [-0.1, -0.05) is 27.2 Å². The molecule has 0 aliphatic carbocycles. The van der Waals surface area contributed by atoms with Crippen LogP contribution >= 0.6 is 0 Å². The van der Waals surface area contributed by atoms with E-state index in [0.29, 0.717) is 5.92 Å². The second-order valence-electron chi connectivity index (χ2n) is 5.97. The van der Waals surface area contributed by atoms with Gasteiger partial charge in [0.05, 0.1) is 11.0 Å². The first-order valence-corrected chi connectivity index (χ1v) is 7.67. The molecule has 0 N–H and O–H groups in total. The van der Waals surface area contributed by atoms with E-state index in [-0.39, 0.29) is 5.91 Å². The van der Waals surface area contributed by atoms with Gasteiger partial charge >= 0.3 is 0 Å². The SMILES string of the molecule is CCCCN(C)C(=O)c1ccc2c(c1)nc(C(C)C)n2C. The van der Waals surface area contributed by atoms with Gasteiger partial charge in [0.25, 0.3) is 5.91 Å². The number of amides is 1. The molecule has 21 heavy (non-hydrogen) atoms. The molecular weight excluding hydrogens is 262 g/mol. The van der Waals surface area contributed by atoms with Crippen LogP contribution in [-0.4, -0.2) is 34.0 Å². The van der Waals surface area contributed by atoms with E-state index in [4.69, 9.17) is 0 Å². The molecule has 1 heterocycles. The standard InChI is InChI=1S/C17H25N3O/c1-6-7-10-19(4)17(21)13-8-9-15-14(11-13)18-16(12(2)3)20(15)5/h8-9,11-12H,6-7,10H2,1-5H3. The van der Waals surface area contributed by atoms with E-state index in [2.05, 4.69) is 30.3 Å². The van der Waals surface area contributed by atoms with Crippen LogP contribution in [0.4, 0.5) is 0 Å². The molecule has 1 aromatic heterocycles. The summed E-state index contributed by atoms with van der Waals surface area (Å²) in [5.74, 6) is 1.49. The Balaban J connectivity index is 2.32. The molecule has 0 radical (unpaired) electrons. The lowest BCUT2D eigenvalue weighted by Gasteiger charge is -2.16. The highest BCUT2D eigenvalue weighted by molar-refractivity contribution is 5.97. The Morgan fingerprint density at radius 3 is 2.71 bits per heavy atom. The van der Waals surface area contributed by atoms with Crippen molar-refractivity contribution in [3.05, 3.63) is 29.6 Å². The molecule has 2 aromatic rings. The second-order valence-corrected chi connectivity index (χ2v) is 5.97. The lowest BCUT2D eigenvalue weighted by molar-refractivity contribution is 0.0793.